The maximum atomic E-state index is 12.0. The van der Waals surface area contributed by atoms with Crippen LogP contribution in [0.3, 0.4) is 0 Å². The van der Waals surface area contributed by atoms with Crippen LogP contribution in [0.2, 0.25) is 0 Å². The molecule has 1 unspecified atom stereocenters. The Hall–Kier alpha value is -3.08. The Morgan fingerprint density at radius 3 is 2.60 bits per heavy atom. The van der Waals surface area contributed by atoms with Crippen molar-refractivity contribution in [3.05, 3.63) is 71.8 Å². The molecule has 0 aliphatic rings. The number of carboxylic acids is 1. The monoisotopic (exact) mass is 339 g/mol. The molecule has 0 aliphatic carbocycles. The summed E-state index contributed by atoms with van der Waals surface area (Å²) in [7, 11) is 0. The summed E-state index contributed by atoms with van der Waals surface area (Å²) in [5, 5.41) is 11.8. The van der Waals surface area contributed by atoms with Gasteiger partial charge in [0.25, 0.3) is 0 Å². The lowest BCUT2D eigenvalue weighted by Crippen LogP contribution is -2.41. The summed E-state index contributed by atoms with van der Waals surface area (Å²) < 4.78 is 5.40. The van der Waals surface area contributed by atoms with E-state index in [2.05, 4.69) is 5.32 Å². The van der Waals surface area contributed by atoms with Crippen LogP contribution in [-0.2, 0) is 16.0 Å². The third kappa shape index (κ3) is 6.14. The number of carbonyl (C=O) groups is 2. The van der Waals surface area contributed by atoms with Crippen LogP contribution >= 0.6 is 0 Å². The molecular formula is C20H21NO4. The lowest BCUT2D eigenvalue weighted by molar-refractivity contribution is -0.141. The van der Waals surface area contributed by atoms with Gasteiger partial charge in [-0.15, -0.1) is 0 Å². The van der Waals surface area contributed by atoms with E-state index in [9.17, 15) is 14.7 Å². The Morgan fingerprint density at radius 2 is 1.92 bits per heavy atom. The first-order chi connectivity index (χ1) is 12.1. The summed E-state index contributed by atoms with van der Waals surface area (Å²) in [5.41, 5.74) is 1.65. The Kier molecular flexibility index (Phi) is 6.77. The van der Waals surface area contributed by atoms with Crippen molar-refractivity contribution in [3.8, 4) is 5.75 Å². The summed E-state index contributed by atoms with van der Waals surface area (Å²) in [4.78, 5) is 23.4. The van der Waals surface area contributed by atoms with Gasteiger partial charge < -0.3 is 15.2 Å². The number of carbonyl (C=O) groups excluding carboxylic acids is 1. The number of nitrogens with one attached hydrogen (secondary N) is 1. The molecular weight excluding hydrogens is 318 g/mol. The Morgan fingerprint density at radius 1 is 1.16 bits per heavy atom. The highest BCUT2D eigenvalue weighted by molar-refractivity contribution is 5.94. The van der Waals surface area contributed by atoms with E-state index in [-0.39, 0.29) is 6.42 Å². The van der Waals surface area contributed by atoms with Crippen LogP contribution in [0.1, 0.15) is 18.1 Å². The maximum Gasteiger partial charge on any atom is 0.326 e. The third-order valence-electron chi connectivity index (χ3n) is 3.49. The van der Waals surface area contributed by atoms with Crippen LogP contribution in [0.4, 0.5) is 0 Å². The predicted octanol–water partition coefficient (Wildman–Crippen LogP) is 2.91. The minimum absolute atomic E-state index is 0.232. The quantitative estimate of drug-likeness (QED) is 0.725. The second-order valence-corrected chi connectivity index (χ2v) is 5.43. The number of aliphatic carboxylic acids is 1. The topological polar surface area (TPSA) is 75.6 Å². The van der Waals surface area contributed by atoms with Crippen molar-refractivity contribution in [1.82, 2.24) is 5.32 Å². The van der Waals surface area contributed by atoms with Gasteiger partial charge in [-0.25, -0.2) is 4.79 Å². The van der Waals surface area contributed by atoms with Crippen LogP contribution in [0, 0.1) is 0 Å². The molecule has 0 saturated carbocycles. The molecule has 2 rings (SSSR count). The minimum Gasteiger partial charge on any atom is -0.494 e. The molecule has 0 radical (unpaired) electrons. The lowest BCUT2D eigenvalue weighted by atomic mass is 10.1. The van der Waals surface area contributed by atoms with E-state index in [4.69, 9.17) is 4.74 Å². The van der Waals surface area contributed by atoms with Crippen LogP contribution in [-0.4, -0.2) is 29.6 Å². The van der Waals surface area contributed by atoms with Crippen molar-refractivity contribution in [2.24, 2.45) is 0 Å². The average Bonchev–Trinajstić information content (AvgIpc) is 2.61. The van der Waals surface area contributed by atoms with Gasteiger partial charge in [0.1, 0.15) is 11.8 Å². The molecule has 2 N–H and O–H groups in total. The second kappa shape index (κ2) is 9.27. The van der Waals surface area contributed by atoms with E-state index in [0.29, 0.717) is 6.61 Å². The van der Waals surface area contributed by atoms with Gasteiger partial charge in [-0.3, -0.25) is 4.79 Å². The Balaban J connectivity index is 1.99. The molecule has 1 amide bonds. The first-order valence-corrected chi connectivity index (χ1v) is 8.06. The molecule has 0 aromatic heterocycles. The molecule has 0 fully saturated rings. The summed E-state index contributed by atoms with van der Waals surface area (Å²) in [5.74, 6) is -0.799. The number of hydrogen-bond acceptors (Lipinski definition) is 3. The molecule has 0 heterocycles. The molecule has 1 atom stereocenters. The maximum absolute atomic E-state index is 12.0. The Labute approximate surface area is 146 Å². The number of benzene rings is 2. The van der Waals surface area contributed by atoms with Gasteiger partial charge in [-0.05, 0) is 36.3 Å². The minimum atomic E-state index is -1.07. The van der Waals surface area contributed by atoms with Crippen LogP contribution in [0.5, 0.6) is 5.75 Å². The highest BCUT2D eigenvalue weighted by atomic mass is 16.5. The standard InChI is InChI=1S/C20H21NO4/c1-2-25-17-10-6-9-16(13-17)11-12-19(22)21-18(20(23)24)14-15-7-4-3-5-8-15/h3-13,18H,2,14H2,1H3,(H,21,22)(H,23,24)/b12-11+. The van der Waals surface area contributed by atoms with Crippen molar-refractivity contribution in [2.45, 2.75) is 19.4 Å². The smallest absolute Gasteiger partial charge is 0.326 e. The Bertz CT molecular complexity index is 740. The molecule has 5 nitrogen and oxygen atoms in total. The van der Waals surface area contributed by atoms with E-state index in [0.717, 1.165) is 16.9 Å². The van der Waals surface area contributed by atoms with Crippen molar-refractivity contribution >= 4 is 18.0 Å². The zero-order valence-electron chi connectivity index (χ0n) is 14.0. The molecule has 0 spiro atoms. The van der Waals surface area contributed by atoms with E-state index in [1.807, 2.05) is 61.5 Å². The van der Waals surface area contributed by atoms with E-state index in [1.165, 1.54) is 6.08 Å². The molecule has 5 heteroatoms. The van der Waals surface area contributed by atoms with Crippen LogP contribution < -0.4 is 10.1 Å². The van der Waals surface area contributed by atoms with Crippen molar-refractivity contribution in [3.63, 3.8) is 0 Å². The van der Waals surface area contributed by atoms with Gasteiger partial charge >= 0.3 is 5.97 Å². The van der Waals surface area contributed by atoms with E-state index in [1.54, 1.807) is 6.08 Å². The molecule has 2 aromatic carbocycles. The number of rotatable bonds is 8. The van der Waals surface area contributed by atoms with Gasteiger partial charge in [0, 0.05) is 12.5 Å². The number of ether oxygens (including phenoxy) is 1. The van der Waals surface area contributed by atoms with E-state index >= 15 is 0 Å². The summed E-state index contributed by atoms with van der Waals surface area (Å²) in [6.45, 7) is 2.46. The van der Waals surface area contributed by atoms with Gasteiger partial charge in [0.05, 0.1) is 6.61 Å². The summed E-state index contributed by atoms with van der Waals surface area (Å²) in [6, 6.07) is 15.5. The first-order valence-electron chi connectivity index (χ1n) is 8.06. The summed E-state index contributed by atoms with van der Waals surface area (Å²) >= 11 is 0. The van der Waals surface area contributed by atoms with Crippen molar-refractivity contribution in [1.29, 1.82) is 0 Å². The van der Waals surface area contributed by atoms with Crippen LogP contribution in [0.25, 0.3) is 6.08 Å². The second-order valence-electron chi connectivity index (χ2n) is 5.43. The molecule has 25 heavy (non-hydrogen) atoms. The largest absolute Gasteiger partial charge is 0.494 e. The molecule has 0 bridgehead atoms. The number of amides is 1. The molecule has 130 valence electrons. The van der Waals surface area contributed by atoms with Gasteiger partial charge in [-0.1, -0.05) is 42.5 Å². The SMILES string of the molecule is CCOc1cccc(/C=C/C(=O)NC(Cc2ccccc2)C(=O)O)c1. The zero-order chi connectivity index (χ0) is 18.1. The highest BCUT2D eigenvalue weighted by Crippen LogP contribution is 2.14. The fourth-order valence-electron chi connectivity index (χ4n) is 2.32. The zero-order valence-corrected chi connectivity index (χ0v) is 14.0. The molecule has 0 saturated heterocycles. The fourth-order valence-corrected chi connectivity index (χ4v) is 2.32. The summed E-state index contributed by atoms with van der Waals surface area (Å²) in [6.07, 6.45) is 3.18. The number of hydrogen-bond donors (Lipinski definition) is 2. The predicted molar refractivity (Wildman–Crippen MR) is 96.4 cm³/mol. The molecule has 2 aromatic rings. The number of carboxylic acid groups (broad SMARTS) is 1. The van der Waals surface area contributed by atoms with Gasteiger partial charge in [0.2, 0.25) is 5.91 Å². The fraction of sp³-hybridized carbons (Fsp3) is 0.200. The lowest BCUT2D eigenvalue weighted by Gasteiger charge is -2.13. The third-order valence-corrected chi connectivity index (χ3v) is 3.49. The van der Waals surface area contributed by atoms with E-state index < -0.39 is 17.9 Å². The van der Waals surface area contributed by atoms with Gasteiger partial charge in [-0.2, -0.15) is 0 Å². The normalized spacial score (nSPS) is 11.9. The first kappa shape index (κ1) is 18.3. The van der Waals surface area contributed by atoms with Crippen molar-refractivity contribution < 1.29 is 19.4 Å². The highest BCUT2D eigenvalue weighted by Gasteiger charge is 2.19. The average molecular weight is 339 g/mol. The van der Waals surface area contributed by atoms with Gasteiger partial charge in [0.15, 0.2) is 0 Å². The van der Waals surface area contributed by atoms with Crippen molar-refractivity contribution in [2.75, 3.05) is 6.61 Å². The van der Waals surface area contributed by atoms with Crippen LogP contribution in [0.15, 0.2) is 60.7 Å². The molecule has 0 aliphatic heterocycles.